The molecule has 148 valence electrons. The van der Waals surface area contributed by atoms with Crippen LogP contribution in [0.4, 0.5) is 0 Å². The van der Waals surface area contributed by atoms with Gasteiger partial charge in [0.2, 0.25) is 0 Å². The SMILES string of the molecule is [B]CSn1ccc2c(-c3ccc4c(c3)c(-c3nc5ccccc5[nH]3)nn4C)cccc21. The highest BCUT2D eigenvalue weighted by Crippen LogP contribution is 2.35. The average molecular weight is 419 g/mol. The summed E-state index contributed by atoms with van der Waals surface area (Å²) in [6, 6.07) is 23.1. The summed E-state index contributed by atoms with van der Waals surface area (Å²) in [6.07, 6.45) is 2.08. The van der Waals surface area contributed by atoms with Crippen LogP contribution in [0.5, 0.6) is 0 Å². The molecule has 2 radical (unpaired) electrons. The van der Waals surface area contributed by atoms with Crippen LogP contribution in [0.15, 0.2) is 72.9 Å². The number of aromatic amines is 1. The normalized spacial score (nSPS) is 11.8. The van der Waals surface area contributed by atoms with Crippen molar-refractivity contribution < 1.29 is 0 Å². The number of imidazole rings is 1. The second-order valence-electron chi connectivity index (χ2n) is 7.48. The van der Waals surface area contributed by atoms with E-state index in [4.69, 9.17) is 17.9 Å². The van der Waals surface area contributed by atoms with E-state index in [0.717, 1.165) is 44.5 Å². The fourth-order valence-electron chi connectivity index (χ4n) is 4.26. The lowest BCUT2D eigenvalue weighted by molar-refractivity contribution is 0.798. The molecule has 3 aromatic heterocycles. The molecular weight excluding hydrogens is 401 g/mol. The Balaban J connectivity index is 1.55. The molecule has 5 nitrogen and oxygen atoms in total. The Kier molecular flexibility index (Phi) is 4.18. The summed E-state index contributed by atoms with van der Waals surface area (Å²) in [5, 5.41) is 7.06. The van der Waals surface area contributed by atoms with Crippen LogP contribution in [0.2, 0.25) is 0 Å². The fraction of sp³-hybridized carbons (Fsp3) is 0.0833. The van der Waals surface area contributed by atoms with Gasteiger partial charge in [-0.05, 0) is 53.2 Å². The highest BCUT2D eigenvalue weighted by atomic mass is 32.2. The Hall–Kier alpha value is -3.45. The molecule has 0 saturated carbocycles. The van der Waals surface area contributed by atoms with E-state index < -0.39 is 0 Å². The zero-order chi connectivity index (χ0) is 20.9. The molecule has 0 aliphatic heterocycles. The zero-order valence-electron chi connectivity index (χ0n) is 16.9. The Morgan fingerprint density at radius 3 is 2.74 bits per heavy atom. The first kappa shape index (κ1) is 18.3. The summed E-state index contributed by atoms with van der Waals surface area (Å²) in [4.78, 5) is 8.19. The summed E-state index contributed by atoms with van der Waals surface area (Å²) >= 11 is 1.59. The Morgan fingerprint density at radius 1 is 0.968 bits per heavy atom. The Labute approximate surface area is 184 Å². The van der Waals surface area contributed by atoms with Crippen LogP contribution < -0.4 is 0 Å². The number of benzene rings is 3. The first-order valence-electron chi connectivity index (χ1n) is 10.1. The van der Waals surface area contributed by atoms with Crippen LogP contribution >= 0.6 is 11.9 Å². The summed E-state index contributed by atoms with van der Waals surface area (Å²) in [5.74, 6) is 0.785. The largest absolute Gasteiger partial charge is 0.337 e. The summed E-state index contributed by atoms with van der Waals surface area (Å²) in [5.41, 5.74) is 7.93. The number of H-pyrrole nitrogens is 1. The van der Waals surface area contributed by atoms with Gasteiger partial charge in [-0.3, -0.25) is 8.65 Å². The molecular formula is C24H18BN5S. The van der Waals surface area contributed by atoms with E-state index in [-0.39, 0.29) is 0 Å². The van der Waals surface area contributed by atoms with Crippen LogP contribution in [0.3, 0.4) is 0 Å². The van der Waals surface area contributed by atoms with Gasteiger partial charge in [-0.25, -0.2) is 4.98 Å². The second-order valence-corrected chi connectivity index (χ2v) is 8.47. The highest BCUT2D eigenvalue weighted by molar-refractivity contribution is 7.98. The summed E-state index contributed by atoms with van der Waals surface area (Å²) < 4.78 is 4.04. The molecule has 0 spiro atoms. The molecule has 0 bridgehead atoms. The molecule has 0 fully saturated rings. The van der Waals surface area contributed by atoms with Crippen molar-refractivity contribution >= 4 is 52.6 Å². The lowest BCUT2D eigenvalue weighted by atomic mass is 10.00. The smallest absolute Gasteiger partial charge is 0.159 e. The monoisotopic (exact) mass is 419 g/mol. The van der Waals surface area contributed by atoms with Crippen molar-refractivity contribution in [2.75, 3.05) is 5.65 Å². The van der Waals surface area contributed by atoms with E-state index in [1.165, 1.54) is 10.9 Å². The first-order chi connectivity index (χ1) is 15.2. The van der Waals surface area contributed by atoms with E-state index in [1.54, 1.807) is 11.9 Å². The number of hydrogen-bond acceptors (Lipinski definition) is 3. The highest BCUT2D eigenvalue weighted by Gasteiger charge is 2.16. The van der Waals surface area contributed by atoms with Crippen molar-refractivity contribution in [2.45, 2.75) is 0 Å². The summed E-state index contributed by atoms with van der Waals surface area (Å²) in [6.45, 7) is 0. The van der Waals surface area contributed by atoms with Crippen molar-refractivity contribution in [3.05, 3.63) is 72.9 Å². The lowest BCUT2D eigenvalue weighted by Crippen LogP contribution is -1.90. The number of rotatable bonds is 4. The van der Waals surface area contributed by atoms with E-state index in [2.05, 4.69) is 57.6 Å². The maximum atomic E-state index is 5.75. The number of fused-ring (bicyclic) bond motifs is 3. The molecule has 31 heavy (non-hydrogen) atoms. The first-order valence-corrected chi connectivity index (χ1v) is 11.0. The maximum Gasteiger partial charge on any atom is 0.159 e. The van der Waals surface area contributed by atoms with Gasteiger partial charge in [-0.2, -0.15) is 5.10 Å². The van der Waals surface area contributed by atoms with Crippen molar-refractivity contribution in [2.24, 2.45) is 7.05 Å². The quantitative estimate of drug-likeness (QED) is 0.392. The third-order valence-corrected chi connectivity index (χ3v) is 6.43. The predicted octanol–water partition coefficient (Wildman–Crippen LogP) is 5.36. The minimum absolute atomic E-state index is 0.538. The number of aromatic nitrogens is 5. The molecule has 3 aromatic carbocycles. The molecule has 6 aromatic rings. The molecule has 0 aliphatic carbocycles. The van der Waals surface area contributed by atoms with Crippen molar-refractivity contribution in [3.63, 3.8) is 0 Å². The van der Waals surface area contributed by atoms with E-state index in [9.17, 15) is 0 Å². The molecule has 7 heteroatoms. The molecule has 0 atom stereocenters. The third kappa shape index (κ3) is 2.88. The van der Waals surface area contributed by atoms with Gasteiger partial charge in [0.05, 0.1) is 29.9 Å². The number of aryl methyl sites for hydroxylation is 1. The summed E-state index contributed by atoms with van der Waals surface area (Å²) in [7, 11) is 7.72. The topological polar surface area (TPSA) is 51.4 Å². The van der Waals surface area contributed by atoms with Gasteiger partial charge >= 0.3 is 0 Å². The van der Waals surface area contributed by atoms with Gasteiger partial charge in [0.15, 0.2) is 5.82 Å². The van der Waals surface area contributed by atoms with Gasteiger partial charge in [0.25, 0.3) is 0 Å². The van der Waals surface area contributed by atoms with Gasteiger partial charge in [-0.1, -0.05) is 42.3 Å². The van der Waals surface area contributed by atoms with E-state index in [0.29, 0.717) is 5.65 Å². The van der Waals surface area contributed by atoms with Gasteiger partial charge in [0, 0.05) is 24.0 Å². The maximum absolute atomic E-state index is 5.75. The Morgan fingerprint density at radius 2 is 1.87 bits per heavy atom. The van der Waals surface area contributed by atoms with E-state index >= 15 is 0 Å². The minimum Gasteiger partial charge on any atom is -0.337 e. The van der Waals surface area contributed by atoms with E-state index in [1.807, 2.05) is 36.0 Å². The molecule has 6 rings (SSSR count). The molecule has 0 unspecified atom stereocenters. The van der Waals surface area contributed by atoms with Crippen LogP contribution in [0, 0.1) is 0 Å². The van der Waals surface area contributed by atoms with Crippen molar-refractivity contribution in [1.29, 1.82) is 0 Å². The van der Waals surface area contributed by atoms with Gasteiger partial charge < -0.3 is 4.98 Å². The standard InChI is InChI=1S/C24H18BN5S/c1-29-21-10-9-15(16-5-4-8-22-17(16)11-12-30(22)31-14-25)13-18(21)23(28-29)24-26-19-6-2-3-7-20(19)27-24/h2-13H,14H2,1H3,(H,26,27). The molecule has 0 aliphatic rings. The second kappa shape index (κ2) is 7.06. The third-order valence-electron chi connectivity index (χ3n) is 5.69. The fourth-order valence-corrected chi connectivity index (χ4v) is 4.87. The number of para-hydroxylation sites is 2. The molecule has 1 N–H and O–H groups in total. The van der Waals surface area contributed by atoms with Crippen LogP contribution in [-0.2, 0) is 7.05 Å². The number of nitrogens with zero attached hydrogens (tertiary/aromatic N) is 4. The van der Waals surface area contributed by atoms with Gasteiger partial charge in [0.1, 0.15) is 5.69 Å². The van der Waals surface area contributed by atoms with Gasteiger partial charge in [-0.15, -0.1) is 0 Å². The van der Waals surface area contributed by atoms with Crippen LogP contribution in [-0.4, -0.2) is 37.2 Å². The number of hydrogen-bond donors (Lipinski definition) is 1. The number of nitrogens with one attached hydrogen (secondary N) is 1. The van der Waals surface area contributed by atoms with Crippen molar-refractivity contribution in [1.82, 2.24) is 23.7 Å². The Bertz CT molecular complexity index is 1540. The zero-order valence-corrected chi connectivity index (χ0v) is 17.7. The van der Waals surface area contributed by atoms with Crippen LogP contribution in [0.1, 0.15) is 0 Å². The molecule has 3 heterocycles. The predicted molar refractivity (Wildman–Crippen MR) is 130 cm³/mol. The molecule has 0 saturated heterocycles. The minimum atomic E-state index is 0.538. The molecule has 0 amide bonds. The average Bonchev–Trinajstić information content (AvgIpc) is 3.49. The lowest BCUT2D eigenvalue weighted by Gasteiger charge is -2.07. The van der Waals surface area contributed by atoms with Crippen molar-refractivity contribution in [3.8, 4) is 22.6 Å². The van der Waals surface area contributed by atoms with Crippen LogP contribution in [0.25, 0.3) is 55.5 Å².